The average molecular weight is 316 g/mol. The molecule has 18 heavy (non-hydrogen) atoms. The van der Waals surface area contributed by atoms with Crippen LogP contribution in [0.25, 0.3) is 0 Å². The Morgan fingerprint density at radius 1 is 1.33 bits per heavy atom. The van der Waals surface area contributed by atoms with Gasteiger partial charge in [-0.05, 0) is 24.3 Å². The summed E-state index contributed by atoms with van der Waals surface area (Å²) in [7, 11) is 1.32. The Bertz CT molecular complexity index is 419. The third-order valence-corrected chi connectivity index (χ3v) is 2.67. The van der Waals surface area contributed by atoms with Gasteiger partial charge in [-0.3, -0.25) is 9.59 Å². The fourth-order valence-electron chi connectivity index (χ4n) is 1.20. The van der Waals surface area contributed by atoms with E-state index in [1.165, 1.54) is 14.0 Å². The number of nitrogens with one attached hydrogen (secondary N) is 1. The Balaban J connectivity index is 2.48. The van der Waals surface area contributed by atoms with Gasteiger partial charge in [0.25, 0.3) is 0 Å². The molecule has 1 unspecified atom stereocenters. The summed E-state index contributed by atoms with van der Waals surface area (Å²) in [5, 5.41) is 2.65. The van der Waals surface area contributed by atoms with Gasteiger partial charge in [-0.2, -0.15) is 0 Å². The molecule has 0 saturated carbocycles. The molecule has 1 aromatic carbocycles. The van der Waals surface area contributed by atoms with Crippen molar-refractivity contribution in [1.29, 1.82) is 0 Å². The van der Waals surface area contributed by atoms with E-state index in [1.807, 2.05) is 0 Å². The number of halogens is 1. The van der Waals surface area contributed by atoms with Crippen LogP contribution < -0.4 is 10.1 Å². The minimum Gasteiger partial charge on any atom is -0.492 e. The third kappa shape index (κ3) is 4.75. The van der Waals surface area contributed by atoms with Crippen LogP contribution in [0.5, 0.6) is 5.75 Å². The monoisotopic (exact) mass is 315 g/mol. The summed E-state index contributed by atoms with van der Waals surface area (Å²) < 4.78 is 9.94. The van der Waals surface area contributed by atoms with Crippen LogP contribution in [-0.4, -0.2) is 30.4 Å². The molecule has 0 heterocycles. The van der Waals surface area contributed by atoms with Crippen LogP contribution in [-0.2, 0) is 14.3 Å². The zero-order valence-electron chi connectivity index (χ0n) is 10.1. The largest absolute Gasteiger partial charge is 0.492 e. The molecule has 1 amide bonds. The Morgan fingerprint density at radius 2 is 1.94 bits per heavy atom. The molecule has 0 aliphatic rings. The van der Waals surface area contributed by atoms with Gasteiger partial charge in [-0.25, -0.2) is 0 Å². The number of carbonyl (C=O) groups excluding carboxylic acids is 2. The van der Waals surface area contributed by atoms with E-state index in [0.717, 1.165) is 0 Å². The predicted octanol–water partition coefficient (Wildman–Crippen LogP) is 1.96. The topological polar surface area (TPSA) is 64.6 Å². The minimum absolute atomic E-state index is 0.130. The summed E-state index contributed by atoms with van der Waals surface area (Å²) >= 11 is 3.15. The van der Waals surface area contributed by atoms with E-state index in [9.17, 15) is 9.59 Å². The summed E-state index contributed by atoms with van der Waals surface area (Å²) in [4.78, 5) is 21.4. The van der Waals surface area contributed by atoms with Crippen LogP contribution in [0.2, 0.25) is 0 Å². The van der Waals surface area contributed by atoms with E-state index >= 15 is 0 Å². The first-order chi connectivity index (χ1) is 8.52. The molecule has 0 aromatic heterocycles. The third-order valence-electron chi connectivity index (χ3n) is 2.03. The minimum atomic E-state index is -0.502. The number of anilines is 1. The van der Waals surface area contributed by atoms with Crippen LogP contribution >= 0.6 is 15.9 Å². The second-order valence-corrected chi connectivity index (χ2v) is 4.61. The maximum atomic E-state index is 11.1. The van der Waals surface area contributed by atoms with Gasteiger partial charge in [-0.15, -0.1) is 0 Å². The van der Waals surface area contributed by atoms with Gasteiger partial charge in [0.05, 0.1) is 7.11 Å². The van der Waals surface area contributed by atoms with Gasteiger partial charge in [0.2, 0.25) is 5.91 Å². The Labute approximate surface area is 114 Å². The summed E-state index contributed by atoms with van der Waals surface area (Å²) in [6.45, 7) is 1.61. The molecule has 0 fully saturated rings. The summed E-state index contributed by atoms with van der Waals surface area (Å²) in [6.07, 6.45) is 0. The van der Waals surface area contributed by atoms with Gasteiger partial charge in [-0.1, -0.05) is 15.9 Å². The molecule has 5 nitrogen and oxygen atoms in total. The standard InChI is InChI=1S/C12H14BrNO4/c1-8(15)14-9-3-5-10(6-4-9)18-7-11(13)12(16)17-2/h3-6,11H,7H2,1-2H3,(H,14,15). The number of rotatable bonds is 5. The van der Waals surface area contributed by atoms with E-state index in [2.05, 4.69) is 26.0 Å². The fraction of sp³-hybridized carbons (Fsp3) is 0.333. The quantitative estimate of drug-likeness (QED) is 0.666. The summed E-state index contributed by atoms with van der Waals surface area (Å²) in [6, 6.07) is 6.86. The average Bonchev–Trinajstić information content (AvgIpc) is 2.36. The molecule has 0 aliphatic heterocycles. The van der Waals surface area contributed by atoms with Gasteiger partial charge >= 0.3 is 5.97 Å². The molecule has 1 aromatic rings. The lowest BCUT2D eigenvalue weighted by Gasteiger charge is -2.10. The van der Waals surface area contributed by atoms with Crippen molar-refractivity contribution < 1.29 is 19.1 Å². The van der Waals surface area contributed by atoms with Crippen molar-refractivity contribution >= 4 is 33.5 Å². The number of benzene rings is 1. The molecule has 0 radical (unpaired) electrons. The van der Waals surface area contributed by atoms with Crippen LogP contribution in [0.15, 0.2) is 24.3 Å². The first kappa shape index (κ1) is 14.5. The van der Waals surface area contributed by atoms with Crippen molar-refractivity contribution in [1.82, 2.24) is 0 Å². The van der Waals surface area contributed by atoms with Crippen molar-refractivity contribution in [2.75, 3.05) is 19.0 Å². The van der Waals surface area contributed by atoms with E-state index < -0.39 is 4.83 Å². The van der Waals surface area contributed by atoms with Gasteiger partial charge in [0.1, 0.15) is 17.2 Å². The lowest BCUT2D eigenvalue weighted by atomic mass is 10.3. The van der Waals surface area contributed by atoms with Crippen LogP contribution in [0.1, 0.15) is 6.92 Å². The van der Waals surface area contributed by atoms with Gasteiger partial charge < -0.3 is 14.8 Å². The fourth-order valence-corrected chi connectivity index (χ4v) is 1.52. The number of ether oxygens (including phenoxy) is 2. The molecule has 0 bridgehead atoms. The number of alkyl halides is 1. The molecule has 98 valence electrons. The number of hydrogen-bond donors (Lipinski definition) is 1. The Hall–Kier alpha value is -1.56. The number of esters is 1. The van der Waals surface area contributed by atoms with Gasteiger partial charge in [0.15, 0.2) is 0 Å². The van der Waals surface area contributed by atoms with Crippen LogP contribution in [0.3, 0.4) is 0 Å². The lowest BCUT2D eigenvalue weighted by Crippen LogP contribution is -2.22. The maximum absolute atomic E-state index is 11.1. The van der Waals surface area contributed by atoms with E-state index in [4.69, 9.17) is 4.74 Å². The molecule has 0 saturated heterocycles. The van der Waals surface area contributed by atoms with E-state index in [0.29, 0.717) is 11.4 Å². The number of methoxy groups -OCH3 is 1. The molecular weight excluding hydrogens is 302 g/mol. The van der Waals surface area contributed by atoms with Crippen LogP contribution in [0.4, 0.5) is 5.69 Å². The smallest absolute Gasteiger partial charge is 0.322 e. The highest BCUT2D eigenvalue weighted by molar-refractivity contribution is 9.10. The Kier molecular flexibility index (Phi) is 5.64. The van der Waals surface area contributed by atoms with Crippen molar-refractivity contribution in [2.24, 2.45) is 0 Å². The second-order valence-electron chi connectivity index (χ2n) is 3.51. The highest BCUT2D eigenvalue weighted by Crippen LogP contribution is 2.16. The normalized spacial score (nSPS) is 11.5. The van der Waals surface area contributed by atoms with Crippen molar-refractivity contribution in [2.45, 2.75) is 11.8 Å². The van der Waals surface area contributed by atoms with E-state index in [1.54, 1.807) is 24.3 Å². The van der Waals surface area contributed by atoms with Gasteiger partial charge in [0, 0.05) is 12.6 Å². The highest BCUT2D eigenvalue weighted by atomic mass is 79.9. The predicted molar refractivity (Wildman–Crippen MR) is 71.0 cm³/mol. The first-order valence-corrected chi connectivity index (χ1v) is 6.17. The van der Waals surface area contributed by atoms with Crippen molar-refractivity contribution in [3.8, 4) is 5.75 Å². The molecule has 1 rings (SSSR count). The number of amides is 1. The zero-order chi connectivity index (χ0) is 13.5. The molecule has 6 heteroatoms. The SMILES string of the molecule is COC(=O)C(Br)COc1ccc(NC(C)=O)cc1. The molecule has 1 atom stereocenters. The molecule has 1 N–H and O–H groups in total. The molecule has 0 aliphatic carbocycles. The number of carbonyl (C=O) groups is 2. The molecule has 0 spiro atoms. The van der Waals surface area contributed by atoms with Crippen LogP contribution in [0, 0.1) is 0 Å². The first-order valence-electron chi connectivity index (χ1n) is 5.25. The second kappa shape index (κ2) is 7.00. The summed E-state index contributed by atoms with van der Waals surface area (Å²) in [5.41, 5.74) is 0.693. The van der Waals surface area contributed by atoms with E-state index in [-0.39, 0.29) is 18.5 Å². The highest BCUT2D eigenvalue weighted by Gasteiger charge is 2.15. The summed E-state index contributed by atoms with van der Waals surface area (Å²) in [5.74, 6) is 0.0946. The maximum Gasteiger partial charge on any atom is 0.322 e. The Morgan fingerprint density at radius 3 is 2.44 bits per heavy atom. The lowest BCUT2D eigenvalue weighted by molar-refractivity contribution is -0.140. The van der Waals surface area contributed by atoms with Crippen molar-refractivity contribution in [3.63, 3.8) is 0 Å². The zero-order valence-corrected chi connectivity index (χ0v) is 11.7. The number of hydrogen-bond acceptors (Lipinski definition) is 4. The molecular formula is C12H14BrNO4. The van der Waals surface area contributed by atoms with Crippen molar-refractivity contribution in [3.05, 3.63) is 24.3 Å².